The molecule has 0 fully saturated rings. The lowest BCUT2D eigenvalue weighted by atomic mass is 9.96. The van der Waals surface area contributed by atoms with Crippen molar-refractivity contribution in [3.8, 4) is 22.8 Å². The van der Waals surface area contributed by atoms with Crippen LogP contribution in [0.5, 0.6) is 11.5 Å². The number of amides is 1. The zero-order chi connectivity index (χ0) is 22.8. The van der Waals surface area contributed by atoms with Gasteiger partial charge in [0, 0.05) is 42.7 Å². The molecule has 0 saturated heterocycles. The third-order valence-electron chi connectivity index (χ3n) is 5.73. The highest BCUT2D eigenvalue weighted by atomic mass is 16.7. The van der Waals surface area contributed by atoms with Crippen LogP contribution in [-0.2, 0) is 0 Å². The van der Waals surface area contributed by atoms with Gasteiger partial charge in [0.05, 0.1) is 16.8 Å². The number of carbonyl (C=O) groups is 1. The normalized spacial score (nSPS) is 13.0. The first kappa shape index (κ1) is 20.7. The predicted octanol–water partition coefficient (Wildman–Crippen LogP) is 4.00. The number of nitrogens with one attached hydrogen (secondary N) is 2. The van der Waals surface area contributed by atoms with E-state index in [9.17, 15) is 4.79 Å². The number of pyridine rings is 1. The summed E-state index contributed by atoms with van der Waals surface area (Å²) in [6.07, 6.45) is 3.22. The molecule has 1 aliphatic rings. The number of fused-ring (bicyclic) bond motifs is 2. The van der Waals surface area contributed by atoms with Crippen LogP contribution in [0.1, 0.15) is 28.8 Å². The molecule has 0 aliphatic carbocycles. The Labute approximate surface area is 191 Å². The van der Waals surface area contributed by atoms with E-state index in [2.05, 4.69) is 32.5 Å². The molecule has 0 bridgehead atoms. The van der Waals surface area contributed by atoms with Crippen LogP contribution in [0.15, 0.2) is 61.1 Å². The zero-order valence-electron chi connectivity index (χ0n) is 18.3. The highest BCUT2D eigenvalue weighted by Gasteiger charge is 2.16. The van der Waals surface area contributed by atoms with Gasteiger partial charge >= 0.3 is 0 Å². The molecule has 1 aliphatic heterocycles. The second-order valence-corrected chi connectivity index (χ2v) is 7.82. The van der Waals surface area contributed by atoms with Crippen molar-refractivity contribution in [2.24, 2.45) is 0 Å². The minimum atomic E-state index is -0.123. The van der Waals surface area contributed by atoms with Crippen LogP contribution in [0, 0.1) is 0 Å². The van der Waals surface area contributed by atoms with Crippen LogP contribution < -0.4 is 20.1 Å². The molecule has 1 amide bonds. The first-order valence-corrected chi connectivity index (χ1v) is 10.7. The van der Waals surface area contributed by atoms with Crippen LogP contribution in [0.25, 0.3) is 22.2 Å². The molecule has 2 aromatic carbocycles. The van der Waals surface area contributed by atoms with Crippen molar-refractivity contribution in [3.05, 3.63) is 72.2 Å². The van der Waals surface area contributed by atoms with Gasteiger partial charge in [-0.1, -0.05) is 25.1 Å². The van der Waals surface area contributed by atoms with E-state index in [-0.39, 0.29) is 18.6 Å². The fourth-order valence-corrected chi connectivity index (χ4v) is 3.96. The average Bonchev–Trinajstić information content (AvgIpc) is 3.34. The predicted molar refractivity (Wildman–Crippen MR) is 126 cm³/mol. The molecule has 8 nitrogen and oxygen atoms in total. The van der Waals surface area contributed by atoms with E-state index in [1.807, 2.05) is 42.5 Å². The third-order valence-corrected chi connectivity index (χ3v) is 5.73. The van der Waals surface area contributed by atoms with Crippen LogP contribution in [0.4, 0.5) is 5.82 Å². The Bertz CT molecular complexity index is 1340. The largest absolute Gasteiger partial charge is 0.454 e. The maximum absolute atomic E-state index is 12.3. The fourth-order valence-electron chi connectivity index (χ4n) is 3.96. The molecule has 166 valence electrons. The molecule has 1 atom stereocenters. The summed E-state index contributed by atoms with van der Waals surface area (Å²) >= 11 is 0. The maximum Gasteiger partial charge on any atom is 0.251 e. The molecule has 8 heteroatoms. The molecule has 0 radical (unpaired) electrons. The molecule has 2 N–H and O–H groups in total. The van der Waals surface area contributed by atoms with Gasteiger partial charge < -0.3 is 20.1 Å². The van der Waals surface area contributed by atoms with Gasteiger partial charge in [0.1, 0.15) is 12.1 Å². The summed E-state index contributed by atoms with van der Waals surface area (Å²) in [5.41, 5.74) is 4.24. The fraction of sp³-hybridized carbons (Fsp3) is 0.200. The Balaban J connectivity index is 1.36. The standard InChI is InChI=1S/C25H23N5O3/c1-15(17-4-3-5-18-19(25(31)26-2)8-9-27-24(17)18)12-28-23-11-20(29-13-30-23)16-6-7-21-22(10-16)33-14-32-21/h3-11,13,15H,12,14H2,1-2H3,(H,26,31)(H,28,29,30)/t15-/m1/s1. The van der Waals surface area contributed by atoms with Crippen molar-refractivity contribution in [1.29, 1.82) is 0 Å². The average molecular weight is 441 g/mol. The second-order valence-electron chi connectivity index (χ2n) is 7.82. The number of rotatable bonds is 6. The van der Waals surface area contributed by atoms with E-state index in [0.717, 1.165) is 39.3 Å². The number of benzene rings is 2. The Morgan fingerprint density at radius 3 is 2.82 bits per heavy atom. The molecular weight excluding hydrogens is 418 g/mol. The zero-order valence-corrected chi connectivity index (χ0v) is 18.3. The lowest BCUT2D eigenvalue weighted by molar-refractivity contribution is 0.0964. The van der Waals surface area contributed by atoms with Gasteiger partial charge in [0.2, 0.25) is 6.79 Å². The SMILES string of the molecule is CNC(=O)c1ccnc2c([C@H](C)CNc3cc(-c4ccc5c(c4)OCO5)ncn3)cccc12. The van der Waals surface area contributed by atoms with Crippen molar-refractivity contribution in [1.82, 2.24) is 20.3 Å². The summed E-state index contributed by atoms with van der Waals surface area (Å²) in [6.45, 7) is 3.00. The summed E-state index contributed by atoms with van der Waals surface area (Å²) in [7, 11) is 1.63. The maximum atomic E-state index is 12.3. The molecule has 4 aromatic rings. The van der Waals surface area contributed by atoms with Crippen LogP contribution in [0.3, 0.4) is 0 Å². The summed E-state index contributed by atoms with van der Waals surface area (Å²) in [6, 6.07) is 15.4. The monoisotopic (exact) mass is 441 g/mol. The molecule has 33 heavy (non-hydrogen) atoms. The van der Waals surface area contributed by atoms with Gasteiger partial charge in [-0.25, -0.2) is 9.97 Å². The van der Waals surface area contributed by atoms with E-state index in [4.69, 9.17) is 9.47 Å². The Hall–Kier alpha value is -4.20. The first-order valence-electron chi connectivity index (χ1n) is 10.7. The number of ether oxygens (including phenoxy) is 2. The van der Waals surface area contributed by atoms with E-state index in [1.165, 1.54) is 0 Å². The van der Waals surface area contributed by atoms with E-state index >= 15 is 0 Å². The number of para-hydroxylation sites is 1. The van der Waals surface area contributed by atoms with E-state index in [1.54, 1.807) is 25.6 Å². The van der Waals surface area contributed by atoms with Crippen LogP contribution in [0.2, 0.25) is 0 Å². The molecule has 3 heterocycles. The van der Waals surface area contributed by atoms with Crippen molar-refractivity contribution in [3.63, 3.8) is 0 Å². The number of nitrogens with zero attached hydrogens (tertiary/aromatic N) is 3. The molecule has 0 spiro atoms. The Morgan fingerprint density at radius 2 is 1.94 bits per heavy atom. The minimum Gasteiger partial charge on any atom is -0.454 e. The quantitative estimate of drug-likeness (QED) is 0.467. The summed E-state index contributed by atoms with van der Waals surface area (Å²) in [5, 5.41) is 6.94. The lowest BCUT2D eigenvalue weighted by Gasteiger charge is -2.16. The minimum absolute atomic E-state index is 0.123. The van der Waals surface area contributed by atoms with Gasteiger partial charge in [0.25, 0.3) is 5.91 Å². The topological polar surface area (TPSA) is 98.3 Å². The van der Waals surface area contributed by atoms with Gasteiger partial charge in [-0.05, 0) is 29.8 Å². The van der Waals surface area contributed by atoms with Gasteiger partial charge in [-0.3, -0.25) is 9.78 Å². The van der Waals surface area contributed by atoms with E-state index in [0.29, 0.717) is 17.9 Å². The van der Waals surface area contributed by atoms with Crippen LogP contribution >= 0.6 is 0 Å². The number of aromatic nitrogens is 3. The van der Waals surface area contributed by atoms with Gasteiger partial charge in [-0.15, -0.1) is 0 Å². The van der Waals surface area contributed by atoms with E-state index < -0.39 is 0 Å². The Morgan fingerprint density at radius 1 is 1.06 bits per heavy atom. The molecule has 2 aromatic heterocycles. The molecule has 0 saturated carbocycles. The van der Waals surface area contributed by atoms with Gasteiger partial charge in [0.15, 0.2) is 11.5 Å². The number of hydrogen-bond donors (Lipinski definition) is 2. The van der Waals surface area contributed by atoms with Crippen molar-refractivity contribution in [2.45, 2.75) is 12.8 Å². The summed E-state index contributed by atoms with van der Waals surface area (Å²) in [4.78, 5) is 25.6. The van der Waals surface area contributed by atoms with Crippen molar-refractivity contribution >= 4 is 22.6 Å². The highest BCUT2D eigenvalue weighted by Crippen LogP contribution is 2.35. The Kier molecular flexibility index (Phi) is 5.48. The smallest absolute Gasteiger partial charge is 0.251 e. The highest BCUT2D eigenvalue weighted by molar-refractivity contribution is 6.06. The number of carbonyl (C=O) groups excluding carboxylic acids is 1. The summed E-state index contributed by atoms with van der Waals surface area (Å²) < 4.78 is 10.9. The molecule has 5 rings (SSSR count). The van der Waals surface area contributed by atoms with Crippen molar-refractivity contribution < 1.29 is 14.3 Å². The third kappa shape index (κ3) is 4.03. The first-order chi connectivity index (χ1) is 16.1. The van der Waals surface area contributed by atoms with Crippen LogP contribution in [-0.4, -0.2) is 41.2 Å². The second kappa shape index (κ2) is 8.74. The molecular formula is C25H23N5O3. The van der Waals surface area contributed by atoms with Crippen molar-refractivity contribution in [2.75, 3.05) is 25.7 Å². The number of anilines is 1. The molecule has 0 unspecified atom stereocenters. The van der Waals surface area contributed by atoms with Gasteiger partial charge in [-0.2, -0.15) is 0 Å². The summed E-state index contributed by atoms with van der Waals surface area (Å²) in [5.74, 6) is 2.19. The number of hydrogen-bond acceptors (Lipinski definition) is 7. The lowest BCUT2D eigenvalue weighted by Crippen LogP contribution is -2.18.